The van der Waals surface area contributed by atoms with Crippen molar-refractivity contribution >= 4 is 44.4 Å². The summed E-state index contributed by atoms with van der Waals surface area (Å²) in [5.74, 6) is 0.298. The van der Waals surface area contributed by atoms with Gasteiger partial charge in [0.25, 0.3) is 5.91 Å². The number of aliphatic hydroxyl groups excluding tert-OH is 1. The first-order valence-electron chi connectivity index (χ1n) is 5.97. The van der Waals surface area contributed by atoms with Gasteiger partial charge in [0.1, 0.15) is 0 Å². The lowest BCUT2D eigenvalue weighted by Crippen LogP contribution is -2.41. The van der Waals surface area contributed by atoms with E-state index in [0.717, 1.165) is 33.0 Å². The van der Waals surface area contributed by atoms with E-state index in [1.807, 2.05) is 23.1 Å². The van der Waals surface area contributed by atoms with Crippen LogP contribution < -0.4 is 0 Å². The van der Waals surface area contributed by atoms with Crippen LogP contribution in [0, 0.1) is 9.49 Å². The number of carbonyl (C=O) groups is 1. The van der Waals surface area contributed by atoms with E-state index in [4.69, 9.17) is 0 Å². The zero-order valence-electron chi connectivity index (χ0n) is 9.90. The van der Waals surface area contributed by atoms with Crippen molar-refractivity contribution in [3.05, 3.63) is 31.8 Å². The van der Waals surface area contributed by atoms with Gasteiger partial charge < -0.3 is 10.0 Å². The summed E-state index contributed by atoms with van der Waals surface area (Å²) in [5.41, 5.74) is 0.739. The summed E-state index contributed by atoms with van der Waals surface area (Å²) in [4.78, 5) is 14.3. The fourth-order valence-corrected chi connectivity index (χ4v) is 3.16. The molecule has 1 heterocycles. The van der Waals surface area contributed by atoms with Crippen molar-refractivity contribution in [3.8, 4) is 0 Å². The fourth-order valence-electron chi connectivity index (χ4n) is 2.23. The van der Waals surface area contributed by atoms with Gasteiger partial charge >= 0.3 is 0 Å². The van der Waals surface area contributed by atoms with Crippen molar-refractivity contribution in [1.82, 2.24) is 4.90 Å². The topological polar surface area (TPSA) is 40.5 Å². The average Bonchev–Trinajstić information content (AvgIpc) is 2.41. The summed E-state index contributed by atoms with van der Waals surface area (Å²) < 4.78 is 1.88. The average molecular weight is 424 g/mol. The van der Waals surface area contributed by atoms with Gasteiger partial charge in [-0.05, 0) is 59.5 Å². The molecule has 0 bridgehead atoms. The molecule has 1 N–H and O–H groups in total. The summed E-state index contributed by atoms with van der Waals surface area (Å²) in [5, 5.41) is 9.21. The number of rotatable bonds is 2. The minimum atomic E-state index is 0.0684. The summed E-state index contributed by atoms with van der Waals surface area (Å²) in [6.45, 7) is 1.62. The van der Waals surface area contributed by atoms with Crippen LogP contribution in [0.1, 0.15) is 23.2 Å². The maximum atomic E-state index is 12.5. The van der Waals surface area contributed by atoms with Gasteiger partial charge in [-0.3, -0.25) is 4.79 Å². The summed E-state index contributed by atoms with van der Waals surface area (Å²) in [7, 11) is 0. The number of amides is 1. The molecule has 1 unspecified atom stereocenters. The predicted octanol–water partition coefficient (Wildman–Crippen LogP) is 2.90. The van der Waals surface area contributed by atoms with Crippen LogP contribution in [0.5, 0.6) is 0 Å². The lowest BCUT2D eigenvalue weighted by molar-refractivity contribution is 0.0619. The third kappa shape index (κ3) is 3.24. The molecular weight excluding hydrogens is 409 g/mol. The van der Waals surface area contributed by atoms with Gasteiger partial charge in [0.05, 0.1) is 5.56 Å². The standard InChI is InChI=1S/C13H15BrINO2/c14-10-3-4-12(15)11(6-10)13(18)16-5-1-2-9(7-16)8-17/h3-4,6,9,17H,1-2,5,7-8H2. The Morgan fingerprint density at radius 2 is 2.33 bits per heavy atom. The normalized spacial score (nSPS) is 19.9. The van der Waals surface area contributed by atoms with Gasteiger partial charge in [0, 0.05) is 27.7 Å². The van der Waals surface area contributed by atoms with E-state index in [2.05, 4.69) is 38.5 Å². The van der Waals surface area contributed by atoms with Crippen LogP contribution in [-0.2, 0) is 0 Å². The minimum absolute atomic E-state index is 0.0684. The van der Waals surface area contributed by atoms with Gasteiger partial charge in [0.15, 0.2) is 0 Å². The summed E-state index contributed by atoms with van der Waals surface area (Å²) >= 11 is 5.59. The highest BCUT2D eigenvalue weighted by Crippen LogP contribution is 2.23. The van der Waals surface area contributed by atoms with Crippen LogP contribution in [0.2, 0.25) is 0 Å². The SMILES string of the molecule is O=C(c1cc(Br)ccc1I)N1CCCC(CO)C1. The Bertz CT molecular complexity index is 453. The third-order valence-electron chi connectivity index (χ3n) is 3.22. The molecule has 98 valence electrons. The van der Waals surface area contributed by atoms with Gasteiger partial charge in [0.2, 0.25) is 0 Å². The van der Waals surface area contributed by atoms with Crippen molar-refractivity contribution in [2.75, 3.05) is 19.7 Å². The van der Waals surface area contributed by atoms with E-state index in [0.29, 0.717) is 6.54 Å². The van der Waals surface area contributed by atoms with Gasteiger partial charge in [-0.25, -0.2) is 0 Å². The second-order valence-electron chi connectivity index (χ2n) is 4.57. The second-order valence-corrected chi connectivity index (χ2v) is 6.64. The number of carbonyl (C=O) groups excluding carboxylic acids is 1. The molecule has 1 atom stereocenters. The van der Waals surface area contributed by atoms with Crippen molar-refractivity contribution < 1.29 is 9.90 Å². The van der Waals surface area contributed by atoms with E-state index in [1.165, 1.54) is 0 Å². The molecule has 0 spiro atoms. The Balaban J connectivity index is 2.17. The summed E-state index contributed by atoms with van der Waals surface area (Å²) in [6.07, 6.45) is 1.98. The zero-order chi connectivity index (χ0) is 13.1. The van der Waals surface area contributed by atoms with Crippen LogP contribution in [0.3, 0.4) is 0 Å². The molecule has 1 amide bonds. The molecule has 5 heteroatoms. The molecule has 3 nitrogen and oxygen atoms in total. The van der Waals surface area contributed by atoms with E-state index in [1.54, 1.807) is 0 Å². The molecule has 1 aliphatic heterocycles. The smallest absolute Gasteiger partial charge is 0.254 e. The van der Waals surface area contributed by atoms with Crippen molar-refractivity contribution in [3.63, 3.8) is 0 Å². The molecule has 1 fully saturated rings. The fraction of sp³-hybridized carbons (Fsp3) is 0.462. The molecule has 1 aromatic rings. The quantitative estimate of drug-likeness (QED) is 0.743. The van der Waals surface area contributed by atoms with Crippen LogP contribution in [0.4, 0.5) is 0 Å². The number of nitrogens with zero attached hydrogens (tertiary/aromatic N) is 1. The molecule has 0 radical (unpaired) electrons. The molecule has 0 aromatic heterocycles. The highest BCUT2D eigenvalue weighted by molar-refractivity contribution is 14.1. The maximum absolute atomic E-state index is 12.5. The van der Waals surface area contributed by atoms with Crippen LogP contribution >= 0.6 is 38.5 Å². The molecular formula is C13H15BrINO2. The van der Waals surface area contributed by atoms with Crippen LogP contribution in [0.25, 0.3) is 0 Å². The number of aliphatic hydroxyl groups is 1. The summed E-state index contributed by atoms with van der Waals surface area (Å²) in [6, 6.07) is 5.74. The predicted molar refractivity (Wildman–Crippen MR) is 82.6 cm³/mol. The van der Waals surface area contributed by atoms with Crippen LogP contribution in [0.15, 0.2) is 22.7 Å². The molecule has 1 saturated heterocycles. The lowest BCUT2D eigenvalue weighted by Gasteiger charge is -2.32. The number of hydrogen-bond acceptors (Lipinski definition) is 2. The van der Waals surface area contributed by atoms with E-state index in [-0.39, 0.29) is 18.4 Å². The van der Waals surface area contributed by atoms with E-state index in [9.17, 15) is 9.90 Å². The monoisotopic (exact) mass is 423 g/mol. The second kappa shape index (κ2) is 6.34. The Morgan fingerprint density at radius 1 is 1.56 bits per heavy atom. The number of piperidine rings is 1. The molecule has 0 aliphatic carbocycles. The van der Waals surface area contributed by atoms with E-state index >= 15 is 0 Å². The number of benzene rings is 1. The van der Waals surface area contributed by atoms with Crippen LogP contribution in [-0.4, -0.2) is 35.6 Å². The first kappa shape index (κ1) is 14.3. The first-order valence-corrected chi connectivity index (χ1v) is 7.84. The highest BCUT2D eigenvalue weighted by Gasteiger charge is 2.25. The van der Waals surface area contributed by atoms with Crippen molar-refractivity contribution in [2.24, 2.45) is 5.92 Å². The number of halogens is 2. The Kier molecular flexibility index (Phi) is 5.03. The number of hydrogen-bond donors (Lipinski definition) is 1. The van der Waals surface area contributed by atoms with Gasteiger partial charge in [-0.1, -0.05) is 15.9 Å². The molecule has 1 aliphatic rings. The van der Waals surface area contributed by atoms with Crippen molar-refractivity contribution in [2.45, 2.75) is 12.8 Å². The van der Waals surface area contributed by atoms with Gasteiger partial charge in [-0.2, -0.15) is 0 Å². The largest absolute Gasteiger partial charge is 0.396 e. The molecule has 18 heavy (non-hydrogen) atoms. The zero-order valence-corrected chi connectivity index (χ0v) is 13.6. The van der Waals surface area contributed by atoms with Gasteiger partial charge in [-0.15, -0.1) is 0 Å². The maximum Gasteiger partial charge on any atom is 0.254 e. The third-order valence-corrected chi connectivity index (χ3v) is 4.66. The Morgan fingerprint density at radius 3 is 3.06 bits per heavy atom. The van der Waals surface area contributed by atoms with E-state index < -0.39 is 0 Å². The lowest BCUT2D eigenvalue weighted by atomic mass is 9.98. The highest BCUT2D eigenvalue weighted by atomic mass is 127. The first-order chi connectivity index (χ1) is 8.61. The molecule has 2 rings (SSSR count). The minimum Gasteiger partial charge on any atom is -0.396 e. The molecule has 0 saturated carbocycles. The van der Waals surface area contributed by atoms with Crippen molar-refractivity contribution in [1.29, 1.82) is 0 Å². The Labute approximate surface area is 129 Å². The Hall–Kier alpha value is -0.140. The molecule has 1 aromatic carbocycles. The number of likely N-dealkylation sites (tertiary alicyclic amines) is 1.